The third-order valence-corrected chi connectivity index (χ3v) is 4.05. The molecule has 0 aliphatic carbocycles. The molecular weight excluding hydrogens is 360 g/mol. The first kappa shape index (κ1) is 17.3. The van der Waals surface area contributed by atoms with E-state index >= 15 is 0 Å². The van der Waals surface area contributed by atoms with Crippen LogP contribution < -0.4 is 16.3 Å². The largest absolute Gasteiger partial charge is 0.342 e. The highest BCUT2D eigenvalue weighted by atomic mass is 16.2. The SMILES string of the molecule is O=C(CNC(=O)c1ccn(-c2ccccc2)n1)Nc1ccc2[nH]c(=O)[nH]c2c1. The highest BCUT2D eigenvalue weighted by molar-refractivity contribution is 5.99. The lowest BCUT2D eigenvalue weighted by Crippen LogP contribution is -2.33. The fourth-order valence-corrected chi connectivity index (χ4v) is 2.74. The van der Waals surface area contributed by atoms with Crippen molar-refractivity contribution in [1.82, 2.24) is 25.1 Å². The Morgan fingerprint density at radius 3 is 2.61 bits per heavy atom. The second-order valence-corrected chi connectivity index (χ2v) is 6.05. The van der Waals surface area contributed by atoms with Crippen molar-refractivity contribution < 1.29 is 9.59 Å². The van der Waals surface area contributed by atoms with Gasteiger partial charge in [-0.3, -0.25) is 9.59 Å². The zero-order valence-corrected chi connectivity index (χ0v) is 14.6. The summed E-state index contributed by atoms with van der Waals surface area (Å²) in [6.07, 6.45) is 1.68. The second-order valence-electron chi connectivity index (χ2n) is 6.05. The van der Waals surface area contributed by atoms with Crippen LogP contribution in [0.15, 0.2) is 65.6 Å². The lowest BCUT2D eigenvalue weighted by Gasteiger charge is -2.06. The molecule has 2 aromatic carbocycles. The minimum absolute atomic E-state index is 0.210. The highest BCUT2D eigenvalue weighted by Crippen LogP contribution is 2.14. The number of hydrogen-bond donors (Lipinski definition) is 4. The first-order valence-corrected chi connectivity index (χ1v) is 8.50. The van der Waals surface area contributed by atoms with Crippen LogP contribution in [-0.4, -0.2) is 38.1 Å². The summed E-state index contributed by atoms with van der Waals surface area (Å²) in [5.74, 6) is -0.844. The molecule has 9 nitrogen and oxygen atoms in total. The van der Waals surface area contributed by atoms with Gasteiger partial charge in [0.1, 0.15) is 0 Å². The van der Waals surface area contributed by atoms with Gasteiger partial charge >= 0.3 is 5.69 Å². The minimum Gasteiger partial charge on any atom is -0.342 e. The lowest BCUT2D eigenvalue weighted by atomic mass is 10.2. The summed E-state index contributed by atoms with van der Waals surface area (Å²) in [5.41, 5.74) is 2.46. The minimum atomic E-state index is -0.449. The summed E-state index contributed by atoms with van der Waals surface area (Å²) in [4.78, 5) is 40.8. The standard InChI is InChI=1S/C19H16N6O3/c26-17(21-12-6-7-14-16(10-12)23-19(28)22-14)11-20-18(27)15-8-9-25(24-15)13-4-2-1-3-5-13/h1-10H,11H2,(H,20,27)(H,21,26)(H2,22,23,28). The van der Waals surface area contributed by atoms with Crippen LogP contribution in [0.25, 0.3) is 16.7 Å². The van der Waals surface area contributed by atoms with Gasteiger partial charge in [0.25, 0.3) is 5.91 Å². The van der Waals surface area contributed by atoms with Crippen LogP contribution in [-0.2, 0) is 4.79 Å². The molecular formula is C19H16N6O3. The van der Waals surface area contributed by atoms with E-state index in [0.29, 0.717) is 16.7 Å². The summed E-state index contributed by atoms with van der Waals surface area (Å²) in [5, 5.41) is 9.41. The number of anilines is 1. The number of aromatic amines is 2. The van der Waals surface area contributed by atoms with Gasteiger partial charge in [0.15, 0.2) is 5.69 Å². The third kappa shape index (κ3) is 3.68. The van der Waals surface area contributed by atoms with E-state index in [1.54, 1.807) is 35.1 Å². The number of nitrogens with one attached hydrogen (secondary N) is 4. The molecule has 2 amide bonds. The van der Waals surface area contributed by atoms with Crippen molar-refractivity contribution in [1.29, 1.82) is 0 Å². The third-order valence-electron chi connectivity index (χ3n) is 4.05. The molecule has 9 heteroatoms. The number of hydrogen-bond acceptors (Lipinski definition) is 4. The predicted octanol–water partition coefficient (Wildman–Crippen LogP) is 1.41. The summed E-state index contributed by atoms with van der Waals surface area (Å²) >= 11 is 0. The van der Waals surface area contributed by atoms with Gasteiger partial charge in [-0.25, -0.2) is 9.48 Å². The van der Waals surface area contributed by atoms with Crippen molar-refractivity contribution in [2.75, 3.05) is 11.9 Å². The lowest BCUT2D eigenvalue weighted by molar-refractivity contribution is -0.115. The van der Waals surface area contributed by atoms with Gasteiger partial charge in [0.05, 0.1) is 23.3 Å². The monoisotopic (exact) mass is 376 g/mol. The van der Waals surface area contributed by atoms with Crippen molar-refractivity contribution in [3.8, 4) is 5.69 Å². The number of fused-ring (bicyclic) bond motifs is 1. The summed E-state index contributed by atoms with van der Waals surface area (Å²) < 4.78 is 1.59. The van der Waals surface area contributed by atoms with Gasteiger partial charge < -0.3 is 20.6 Å². The molecule has 4 aromatic rings. The molecule has 140 valence electrons. The molecule has 2 aromatic heterocycles. The van der Waals surface area contributed by atoms with E-state index in [0.717, 1.165) is 5.69 Å². The van der Waals surface area contributed by atoms with E-state index < -0.39 is 11.8 Å². The molecule has 4 N–H and O–H groups in total. The normalized spacial score (nSPS) is 10.7. The number of benzene rings is 2. The van der Waals surface area contributed by atoms with Crippen molar-refractivity contribution >= 4 is 28.5 Å². The topological polar surface area (TPSA) is 125 Å². The molecule has 2 heterocycles. The fraction of sp³-hybridized carbons (Fsp3) is 0.0526. The molecule has 0 saturated carbocycles. The van der Waals surface area contributed by atoms with E-state index in [9.17, 15) is 14.4 Å². The Balaban J connectivity index is 1.35. The average molecular weight is 376 g/mol. The second kappa shape index (κ2) is 7.23. The van der Waals surface area contributed by atoms with Gasteiger partial charge in [-0.05, 0) is 36.4 Å². The van der Waals surface area contributed by atoms with Crippen LogP contribution >= 0.6 is 0 Å². The molecule has 0 aliphatic heterocycles. The number of amides is 2. The zero-order valence-electron chi connectivity index (χ0n) is 14.6. The molecule has 0 radical (unpaired) electrons. The number of rotatable bonds is 5. The van der Waals surface area contributed by atoms with Crippen molar-refractivity contribution in [3.05, 3.63) is 77.0 Å². The summed E-state index contributed by atoms with van der Waals surface area (Å²) in [6.45, 7) is -0.210. The summed E-state index contributed by atoms with van der Waals surface area (Å²) in [7, 11) is 0. The Hall–Kier alpha value is -4.14. The van der Waals surface area contributed by atoms with Gasteiger partial charge in [-0.2, -0.15) is 5.10 Å². The smallest absolute Gasteiger partial charge is 0.323 e. The van der Waals surface area contributed by atoms with E-state index in [1.807, 2.05) is 30.3 Å². The molecule has 0 spiro atoms. The fourth-order valence-electron chi connectivity index (χ4n) is 2.74. The van der Waals surface area contributed by atoms with Gasteiger partial charge in [-0.15, -0.1) is 0 Å². The first-order valence-electron chi connectivity index (χ1n) is 8.50. The van der Waals surface area contributed by atoms with Gasteiger partial charge in [0.2, 0.25) is 5.91 Å². The molecule has 4 rings (SSSR count). The van der Waals surface area contributed by atoms with Gasteiger partial charge in [-0.1, -0.05) is 18.2 Å². The predicted molar refractivity (Wildman–Crippen MR) is 103 cm³/mol. The maximum atomic E-state index is 12.2. The van der Waals surface area contributed by atoms with Crippen LogP contribution in [0.3, 0.4) is 0 Å². The average Bonchev–Trinajstić information content (AvgIpc) is 3.32. The Kier molecular flexibility index (Phi) is 4.47. The molecule has 0 bridgehead atoms. The maximum Gasteiger partial charge on any atom is 0.323 e. The van der Waals surface area contributed by atoms with E-state index in [-0.39, 0.29) is 17.9 Å². The van der Waals surface area contributed by atoms with E-state index in [4.69, 9.17) is 0 Å². The Morgan fingerprint density at radius 1 is 1.00 bits per heavy atom. The van der Waals surface area contributed by atoms with Crippen LogP contribution in [0.4, 0.5) is 5.69 Å². The van der Waals surface area contributed by atoms with E-state index in [2.05, 4.69) is 25.7 Å². The summed E-state index contributed by atoms with van der Waals surface area (Å²) in [6, 6.07) is 15.9. The van der Waals surface area contributed by atoms with Crippen molar-refractivity contribution in [2.45, 2.75) is 0 Å². The zero-order chi connectivity index (χ0) is 19.5. The Labute approximate surface area is 158 Å². The van der Waals surface area contributed by atoms with Crippen LogP contribution in [0.5, 0.6) is 0 Å². The maximum absolute atomic E-state index is 12.2. The number of nitrogens with zero attached hydrogens (tertiary/aromatic N) is 2. The number of carbonyl (C=O) groups is 2. The molecule has 0 saturated heterocycles. The Bertz CT molecular complexity index is 1210. The molecule has 0 aliphatic rings. The number of H-pyrrole nitrogens is 2. The Morgan fingerprint density at radius 2 is 1.79 bits per heavy atom. The van der Waals surface area contributed by atoms with E-state index in [1.165, 1.54) is 0 Å². The number of para-hydroxylation sites is 1. The highest BCUT2D eigenvalue weighted by Gasteiger charge is 2.12. The first-order chi connectivity index (χ1) is 13.6. The van der Waals surface area contributed by atoms with Crippen molar-refractivity contribution in [2.24, 2.45) is 0 Å². The number of aromatic nitrogens is 4. The number of carbonyl (C=O) groups excluding carboxylic acids is 2. The number of imidazole rings is 1. The molecule has 0 unspecified atom stereocenters. The van der Waals surface area contributed by atoms with Gasteiger partial charge in [0, 0.05) is 11.9 Å². The van der Waals surface area contributed by atoms with Crippen molar-refractivity contribution in [3.63, 3.8) is 0 Å². The van der Waals surface area contributed by atoms with Crippen LogP contribution in [0.1, 0.15) is 10.5 Å². The molecule has 0 atom stereocenters. The van der Waals surface area contributed by atoms with Crippen LogP contribution in [0.2, 0.25) is 0 Å². The van der Waals surface area contributed by atoms with Crippen LogP contribution in [0, 0.1) is 0 Å². The quantitative estimate of drug-likeness (QED) is 0.420. The molecule has 0 fully saturated rings. The molecule has 28 heavy (non-hydrogen) atoms.